The van der Waals surface area contributed by atoms with Crippen molar-refractivity contribution in [3.05, 3.63) is 0 Å². The standard InChI is InChI=1S/C11H22N2S/c1-3-13(8-4-7-12)9-5-11(2)6-10-14/h11,14H,3-6,8-10H2,1-2H3. The van der Waals surface area contributed by atoms with Crippen molar-refractivity contribution >= 4 is 12.6 Å². The quantitative estimate of drug-likeness (QED) is 0.629. The van der Waals surface area contributed by atoms with E-state index in [0.29, 0.717) is 6.42 Å². The minimum atomic E-state index is 0.648. The lowest BCUT2D eigenvalue weighted by molar-refractivity contribution is 0.271. The molecule has 14 heavy (non-hydrogen) atoms. The van der Waals surface area contributed by atoms with Gasteiger partial charge in [-0.05, 0) is 37.6 Å². The molecule has 0 aromatic heterocycles. The molecular weight excluding hydrogens is 192 g/mol. The minimum Gasteiger partial charge on any atom is -0.303 e. The minimum absolute atomic E-state index is 0.648. The van der Waals surface area contributed by atoms with E-state index in [-0.39, 0.29) is 0 Å². The second-order valence-electron chi connectivity index (χ2n) is 3.75. The molecule has 0 aliphatic carbocycles. The van der Waals surface area contributed by atoms with Gasteiger partial charge in [0, 0.05) is 13.0 Å². The van der Waals surface area contributed by atoms with E-state index < -0.39 is 0 Å². The monoisotopic (exact) mass is 214 g/mol. The predicted molar refractivity (Wildman–Crippen MR) is 64.6 cm³/mol. The van der Waals surface area contributed by atoms with E-state index in [2.05, 4.69) is 37.4 Å². The summed E-state index contributed by atoms with van der Waals surface area (Å²) in [6.07, 6.45) is 3.06. The van der Waals surface area contributed by atoms with Crippen LogP contribution in [-0.2, 0) is 0 Å². The van der Waals surface area contributed by atoms with Crippen LogP contribution in [0.4, 0.5) is 0 Å². The van der Waals surface area contributed by atoms with Crippen LogP contribution in [0.25, 0.3) is 0 Å². The Labute approximate surface area is 93.7 Å². The summed E-state index contributed by atoms with van der Waals surface area (Å²) < 4.78 is 0. The average Bonchev–Trinajstić information content (AvgIpc) is 2.19. The van der Waals surface area contributed by atoms with Crippen LogP contribution in [0.1, 0.15) is 33.1 Å². The molecule has 1 atom stereocenters. The van der Waals surface area contributed by atoms with Gasteiger partial charge in [0.2, 0.25) is 0 Å². The van der Waals surface area contributed by atoms with Gasteiger partial charge in [-0.1, -0.05) is 13.8 Å². The van der Waals surface area contributed by atoms with Crippen LogP contribution in [0.15, 0.2) is 0 Å². The molecule has 82 valence electrons. The predicted octanol–water partition coefficient (Wildman–Crippen LogP) is 2.57. The molecule has 3 heteroatoms. The lowest BCUT2D eigenvalue weighted by atomic mass is 10.1. The average molecular weight is 214 g/mol. The van der Waals surface area contributed by atoms with E-state index in [0.717, 1.165) is 31.3 Å². The van der Waals surface area contributed by atoms with Crippen molar-refractivity contribution < 1.29 is 0 Å². The maximum atomic E-state index is 8.49. The van der Waals surface area contributed by atoms with Crippen molar-refractivity contribution in [2.24, 2.45) is 5.92 Å². The molecule has 0 aliphatic heterocycles. The summed E-state index contributed by atoms with van der Waals surface area (Å²) in [4.78, 5) is 2.35. The molecule has 0 radical (unpaired) electrons. The van der Waals surface area contributed by atoms with Crippen molar-refractivity contribution in [1.82, 2.24) is 4.90 Å². The Morgan fingerprint density at radius 1 is 1.36 bits per heavy atom. The van der Waals surface area contributed by atoms with E-state index in [1.807, 2.05) is 0 Å². The Balaban J connectivity index is 3.56. The Morgan fingerprint density at radius 3 is 2.57 bits per heavy atom. The van der Waals surface area contributed by atoms with Crippen molar-refractivity contribution in [3.63, 3.8) is 0 Å². The van der Waals surface area contributed by atoms with Gasteiger partial charge in [0.05, 0.1) is 6.07 Å². The Hall–Kier alpha value is -0.200. The number of nitriles is 1. The molecule has 0 aliphatic rings. The van der Waals surface area contributed by atoms with Crippen LogP contribution in [0.2, 0.25) is 0 Å². The fraction of sp³-hybridized carbons (Fsp3) is 0.909. The molecule has 0 fully saturated rings. The van der Waals surface area contributed by atoms with Gasteiger partial charge in [-0.2, -0.15) is 17.9 Å². The third-order valence-electron chi connectivity index (χ3n) is 2.55. The van der Waals surface area contributed by atoms with Crippen LogP contribution in [0, 0.1) is 17.2 Å². The summed E-state index contributed by atoms with van der Waals surface area (Å²) in [7, 11) is 0. The highest BCUT2D eigenvalue weighted by molar-refractivity contribution is 7.80. The van der Waals surface area contributed by atoms with Crippen LogP contribution < -0.4 is 0 Å². The van der Waals surface area contributed by atoms with Gasteiger partial charge in [0.25, 0.3) is 0 Å². The maximum Gasteiger partial charge on any atom is 0.0635 e. The van der Waals surface area contributed by atoms with Crippen LogP contribution in [0.3, 0.4) is 0 Å². The zero-order chi connectivity index (χ0) is 10.8. The summed E-state index contributed by atoms with van der Waals surface area (Å²) in [6.45, 7) is 7.51. The summed E-state index contributed by atoms with van der Waals surface area (Å²) in [5, 5.41) is 8.49. The smallest absolute Gasteiger partial charge is 0.0635 e. The third-order valence-corrected chi connectivity index (χ3v) is 2.81. The summed E-state index contributed by atoms with van der Waals surface area (Å²) in [5.74, 6) is 1.73. The van der Waals surface area contributed by atoms with Crippen molar-refractivity contribution in [3.8, 4) is 6.07 Å². The second kappa shape index (κ2) is 9.36. The zero-order valence-corrected chi connectivity index (χ0v) is 10.3. The van der Waals surface area contributed by atoms with Crippen molar-refractivity contribution in [2.45, 2.75) is 33.1 Å². The molecule has 0 saturated carbocycles. The molecule has 0 aromatic rings. The van der Waals surface area contributed by atoms with Crippen molar-refractivity contribution in [1.29, 1.82) is 5.26 Å². The molecule has 0 rings (SSSR count). The van der Waals surface area contributed by atoms with E-state index >= 15 is 0 Å². The first-order valence-electron chi connectivity index (χ1n) is 5.44. The fourth-order valence-electron chi connectivity index (χ4n) is 1.40. The third kappa shape index (κ3) is 7.23. The van der Waals surface area contributed by atoms with Crippen LogP contribution in [-0.4, -0.2) is 30.3 Å². The molecule has 2 nitrogen and oxygen atoms in total. The summed E-state index contributed by atoms with van der Waals surface area (Å²) >= 11 is 4.23. The van der Waals surface area contributed by atoms with Gasteiger partial charge in [0.1, 0.15) is 0 Å². The van der Waals surface area contributed by atoms with Gasteiger partial charge >= 0.3 is 0 Å². The van der Waals surface area contributed by atoms with E-state index in [4.69, 9.17) is 5.26 Å². The molecule has 0 heterocycles. The molecule has 0 aromatic carbocycles. The van der Waals surface area contributed by atoms with Gasteiger partial charge in [-0.25, -0.2) is 0 Å². The summed E-state index contributed by atoms with van der Waals surface area (Å²) in [6, 6.07) is 2.19. The summed E-state index contributed by atoms with van der Waals surface area (Å²) in [5.41, 5.74) is 0. The van der Waals surface area contributed by atoms with E-state index in [1.165, 1.54) is 12.8 Å². The van der Waals surface area contributed by atoms with E-state index in [1.54, 1.807) is 0 Å². The Kier molecular flexibility index (Phi) is 9.23. The highest BCUT2D eigenvalue weighted by atomic mass is 32.1. The fourth-order valence-corrected chi connectivity index (χ4v) is 1.84. The number of hydrogen-bond acceptors (Lipinski definition) is 3. The first-order valence-corrected chi connectivity index (χ1v) is 6.08. The molecule has 0 bridgehead atoms. The van der Waals surface area contributed by atoms with Gasteiger partial charge in [-0.3, -0.25) is 0 Å². The number of thiol groups is 1. The van der Waals surface area contributed by atoms with Crippen molar-refractivity contribution in [2.75, 3.05) is 25.4 Å². The van der Waals surface area contributed by atoms with Crippen LogP contribution in [0.5, 0.6) is 0 Å². The molecule has 1 unspecified atom stereocenters. The number of rotatable bonds is 8. The zero-order valence-electron chi connectivity index (χ0n) is 9.37. The highest BCUT2D eigenvalue weighted by Gasteiger charge is 2.05. The van der Waals surface area contributed by atoms with Crippen LogP contribution >= 0.6 is 12.6 Å². The Morgan fingerprint density at radius 2 is 2.07 bits per heavy atom. The van der Waals surface area contributed by atoms with Gasteiger partial charge < -0.3 is 4.90 Å². The molecular formula is C11H22N2S. The SMILES string of the molecule is CCN(CCC#N)CCC(C)CCS. The highest BCUT2D eigenvalue weighted by Crippen LogP contribution is 2.09. The first-order chi connectivity index (χ1) is 6.74. The van der Waals surface area contributed by atoms with Gasteiger partial charge in [0.15, 0.2) is 0 Å². The van der Waals surface area contributed by atoms with Gasteiger partial charge in [-0.15, -0.1) is 0 Å². The topological polar surface area (TPSA) is 27.0 Å². The lowest BCUT2D eigenvalue weighted by Gasteiger charge is -2.20. The molecule has 0 saturated heterocycles. The number of hydrogen-bond donors (Lipinski definition) is 1. The Bertz CT molecular complexity index is 165. The molecule has 0 N–H and O–H groups in total. The molecule has 0 spiro atoms. The lowest BCUT2D eigenvalue weighted by Crippen LogP contribution is -2.26. The maximum absolute atomic E-state index is 8.49. The second-order valence-corrected chi connectivity index (χ2v) is 4.20. The van der Waals surface area contributed by atoms with E-state index in [9.17, 15) is 0 Å². The molecule has 0 amide bonds. The first kappa shape index (κ1) is 13.8. The normalized spacial score (nSPS) is 12.8. The largest absolute Gasteiger partial charge is 0.303 e. The number of nitrogens with zero attached hydrogens (tertiary/aromatic N) is 2.